The van der Waals surface area contributed by atoms with Crippen LogP contribution in [-0.2, 0) is 6.42 Å². The number of pyridine rings is 1. The van der Waals surface area contributed by atoms with Crippen LogP contribution in [0.2, 0.25) is 0 Å². The second-order valence-electron chi connectivity index (χ2n) is 5.61. The summed E-state index contributed by atoms with van der Waals surface area (Å²) in [7, 11) is 0. The second-order valence-corrected chi connectivity index (χ2v) is 6.47. The van der Waals surface area contributed by atoms with Gasteiger partial charge in [-0.1, -0.05) is 24.3 Å². The molecule has 1 aromatic heterocycles. The molecule has 3 N–H and O–H groups in total. The molecule has 0 spiro atoms. The molecule has 2 unspecified atom stereocenters. The average Bonchev–Trinajstić information content (AvgIpc) is 2.53. The van der Waals surface area contributed by atoms with Crippen LogP contribution in [0.4, 0.5) is 0 Å². The first kappa shape index (κ1) is 14.7. The predicted molar refractivity (Wildman–Crippen MR) is 88.7 cm³/mol. The van der Waals surface area contributed by atoms with Crippen LogP contribution in [0.1, 0.15) is 48.0 Å². The Morgan fingerprint density at radius 3 is 2.95 bits per heavy atom. The molecule has 1 aliphatic rings. The maximum absolute atomic E-state index is 5.80. The molecule has 110 valence electrons. The molecule has 1 heterocycles. The first-order valence-electron chi connectivity index (χ1n) is 7.44. The molecule has 0 aliphatic heterocycles. The molecule has 2 aromatic rings. The lowest BCUT2D eigenvalue weighted by Gasteiger charge is -2.29. The van der Waals surface area contributed by atoms with Gasteiger partial charge in [0.2, 0.25) is 0 Å². The molecule has 21 heavy (non-hydrogen) atoms. The Morgan fingerprint density at radius 2 is 2.14 bits per heavy atom. The van der Waals surface area contributed by atoms with Crippen molar-refractivity contribution in [1.29, 1.82) is 0 Å². The van der Waals surface area contributed by atoms with Gasteiger partial charge in [-0.3, -0.25) is 16.3 Å². The van der Waals surface area contributed by atoms with Gasteiger partial charge < -0.3 is 0 Å². The van der Waals surface area contributed by atoms with Crippen LogP contribution in [0.5, 0.6) is 0 Å². The highest BCUT2D eigenvalue weighted by atomic mass is 79.9. The van der Waals surface area contributed by atoms with Crippen LogP contribution in [0.25, 0.3) is 0 Å². The lowest BCUT2D eigenvalue weighted by atomic mass is 9.79. The van der Waals surface area contributed by atoms with E-state index in [9.17, 15) is 0 Å². The zero-order chi connectivity index (χ0) is 14.7. The first-order chi connectivity index (χ1) is 10.3. The molecule has 0 saturated carbocycles. The number of aromatic nitrogens is 1. The topological polar surface area (TPSA) is 50.9 Å². The summed E-state index contributed by atoms with van der Waals surface area (Å²) >= 11 is 3.58. The summed E-state index contributed by atoms with van der Waals surface area (Å²) in [5.41, 5.74) is 6.91. The quantitative estimate of drug-likeness (QED) is 0.653. The summed E-state index contributed by atoms with van der Waals surface area (Å²) in [6.07, 6.45) is 6.46. The zero-order valence-corrected chi connectivity index (χ0v) is 13.5. The Labute approximate surface area is 134 Å². The van der Waals surface area contributed by atoms with Gasteiger partial charge in [0.05, 0.1) is 11.7 Å². The fourth-order valence-electron chi connectivity index (χ4n) is 3.30. The van der Waals surface area contributed by atoms with Crippen molar-refractivity contribution in [2.75, 3.05) is 0 Å². The van der Waals surface area contributed by atoms with Gasteiger partial charge in [0.15, 0.2) is 0 Å². The first-order valence-corrected chi connectivity index (χ1v) is 8.23. The minimum atomic E-state index is 0.0664. The number of hydrogen-bond donors (Lipinski definition) is 2. The van der Waals surface area contributed by atoms with Crippen molar-refractivity contribution in [2.24, 2.45) is 5.84 Å². The molecule has 2 atom stereocenters. The molecule has 0 radical (unpaired) electrons. The number of aryl methyl sites for hydroxylation is 1. The van der Waals surface area contributed by atoms with Gasteiger partial charge in [-0.2, -0.15) is 0 Å². The number of nitrogens with two attached hydrogens (primary N) is 1. The summed E-state index contributed by atoms with van der Waals surface area (Å²) in [4.78, 5) is 4.48. The number of hydrazine groups is 1. The SMILES string of the molecule is NNC(CC1CCCc2ccccc21)c1ncccc1Br. The molecule has 3 rings (SSSR count). The Bertz CT molecular complexity index is 614. The van der Waals surface area contributed by atoms with E-state index in [1.807, 2.05) is 18.3 Å². The van der Waals surface area contributed by atoms with E-state index >= 15 is 0 Å². The van der Waals surface area contributed by atoms with E-state index in [4.69, 9.17) is 5.84 Å². The zero-order valence-electron chi connectivity index (χ0n) is 11.9. The molecule has 4 heteroatoms. The Kier molecular flexibility index (Phi) is 4.68. The smallest absolute Gasteiger partial charge is 0.0728 e. The molecule has 3 nitrogen and oxygen atoms in total. The van der Waals surface area contributed by atoms with Crippen molar-refractivity contribution < 1.29 is 0 Å². The summed E-state index contributed by atoms with van der Waals surface area (Å²) in [6.45, 7) is 0. The van der Waals surface area contributed by atoms with E-state index in [1.54, 1.807) is 0 Å². The molecular weight excluding hydrogens is 326 g/mol. The van der Waals surface area contributed by atoms with Crippen LogP contribution >= 0.6 is 15.9 Å². The van der Waals surface area contributed by atoms with E-state index in [-0.39, 0.29) is 6.04 Å². The van der Waals surface area contributed by atoms with E-state index in [2.05, 4.69) is 50.6 Å². The van der Waals surface area contributed by atoms with Crippen molar-refractivity contribution in [3.63, 3.8) is 0 Å². The fourth-order valence-corrected chi connectivity index (χ4v) is 3.83. The highest BCUT2D eigenvalue weighted by Gasteiger charge is 2.25. The van der Waals surface area contributed by atoms with Crippen LogP contribution in [0.15, 0.2) is 47.1 Å². The molecule has 0 fully saturated rings. The number of nitrogens with zero attached hydrogens (tertiary/aromatic N) is 1. The number of fused-ring (bicyclic) bond motifs is 1. The van der Waals surface area contributed by atoms with Gasteiger partial charge >= 0.3 is 0 Å². The third-order valence-corrected chi connectivity index (χ3v) is 5.00. The third kappa shape index (κ3) is 3.18. The summed E-state index contributed by atoms with van der Waals surface area (Å²) < 4.78 is 1.01. The standard InChI is InChI=1S/C17H20BrN3/c18-15-9-4-10-20-17(15)16(21-19)11-13-7-3-6-12-5-1-2-8-14(12)13/h1-2,4-5,8-10,13,16,21H,3,6-7,11,19H2. The van der Waals surface area contributed by atoms with Crippen LogP contribution < -0.4 is 11.3 Å². The number of hydrogen-bond acceptors (Lipinski definition) is 3. The van der Waals surface area contributed by atoms with Gasteiger partial charge in [0, 0.05) is 10.7 Å². The average molecular weight is 346 g/mol. The lowest BCUT2D eigenvalue weighted by molar-refractivity contribution is 0.418. The van der Waals surface area contributed by atoms with Crippen molar-refractivity contribution >= 4 is 15.9 Å². The third-order valence-electron chi connectivity index (χ3n) is 4.33. The lowest BCUT2D eigenvalue weighted by Crippen LogP contribution is -2.31. The van der Waals surface area contributed by atoms with Gasteiger partial charge in [-0.25, -0.2) is 0 Å². The van der Waals surface area contributed by atoms with E-state index in [0.29, 0.717) is 5.92 Å². The monoisotopic (exact) mass is 345 g/mol. The van der Waals surface area contributed by atoms with Crippen molar-refractivity contribution in [3.05, 3.63) is 63.9 Å². The molecule has 0 bridgehead atoms. The fraction of sp³-hybridized carbons (Fsp3) is 0.353. The number of nitrogens with one attached hydrogen (secondary N) is 1. The normalized spacial score (nSPS) is 19.0. The molecule has 1 aromatic carbocycles. The maximum atomic E-state index is 5.80. The van der Waals surface area contributed by atoms with Gasteiger partial charge in [0.25, 0.3) is 0 Å². The van der Waals surface area contributed by atoms with Crippen LogP contribution in [0, 0.1) is 0 Å². The number of rotatable bonds is 4. The van der Waals surface area contributed by atoms with Crippen LogP contribution in [-0.4, -0.2) is 4.98 Å². The van der Waals surface area contributed by atoms with Crippen molar-refractivity contribution in [1.82, 2.24) is 10.4 Å². The number of halogens is 1. The summed E-state index contributed by atoms with van der Waals surface area (Å²) in [5, 5.41) is 0. The number of benzene rings is 1. The highest BCUT2D eigenvalue weighted by Crippen LogP contribution is 2.38. The summed E-state index contributed by atoms with van der Waals surface area (Å²) in [5.74, 6) is 6.35. The van der Waals surface area contributed by atoms with Gasteiger partial charge in [-0.05, 0) is 70.8 Å². The Morgan fingerprint density at radius 1 is 1.29 bits per heavy atom. The van der Waals surface area contributed by atoms with E-state index in [1.165, 1.54) is 30.4 Å². The summed E-state index contributed by atoms with van der Waals surface area (Å²) in [6, 6.07) is 12.8. The molecule has 0 amide bonds. The maximum Gasteiger partial charge on any atom is 0.0728 e. The predicted octanol–water partition coefficient (Wildman–Crippen LogP) is 3.86. The van der Waals surface area contributed by atoms with Gasteiger partial charge in [0.1, 0.15) is 0 Å². The van der Waals surface area contributed by atoms with Crippen LogP contribution in [0.3, 0.4) is 0 Å². The molecule has 1 aliphatic carbocycles. The largest absolute Gasteiger partial charge is 0.271 e. The van der Waals surface area contributed by atoms with Crippen molar-refractivity contribution in [2.45, 2.75) is 37.6 Å². The molecular formula is C17H20BrN3. The molecule has 0 saturated heterocycles. The van der Waals surface area contributed by atoms with Crippen molar-refractivity contribution in [3.8, 4) is 0 Å². The van der Waals surface area contributed by atoms with E-state index in [0.717, 1.165) is 16.6 Å². The highest BCUT2D eigenvalue weighted by molar-refractivity contribution is 9.10. The Balaban J connectivity index is 1.84. The Hall–Kier alpha value is -1.23. The second kappa shape index (κ2) is 6.69. The minimum Gasteiger partial charge on any atom is -0.271 e. The minimum absolute atomic E-state index is 0.0664. The van der Waals surface area contributed by atoms with Gasteiger partial charge in [-0.15, -0.1) is 0 Å². The van der Waals surface area contributed by atoms with E-state index < -0.39 is 0 Å².